The molecule has 0 aromatic heterocycles. The van der Waals surface area contributed by atoms with E-state index in [0.717, 1.165) is 31.4 Å². The summed E-state index contributed by atoms with van der Waals surface area (Å²) in [7, 11) is -3.62. The zero-order valence-corrected chi connectivity index (χ0v) is 18.9. The van der Waals surface area contributed by atoms with Gasteiger partial charge in [-0.3, -0.25) is 4.79 Å². The van der Waals surface area contributed by atoms with Gasteiger partial charge in [-0.05, 0) is 93.8 Å². The minimum absolute atomic E-state index is 0.0736. The van der Waals surface area contributed by atoms with Crippen LogP contribution in [-0.4, -0.2) is 37.8 Å². The number of hydrogen-bond acceptors (Lipinski definition) is 4. The smallest absolute Gasteiger partial charge is 0.255 e. The van der Waals surface area contributed by atoms with Crippen molar-refractivity contribution in [2.24, 2.45) is 11.8 Å². The lowest BCUT2D eigenvalue weighted by molar-refractivity contribution is 0.102. The summed E-state index contributed by atoms with van der Waals surface area (Å²) < 4.78 is 33.8. The molecule has 0 unspecified atom stereocenters. The van der Waals surface area contributed by atoms with E-state index in [9.17, 15) is 13.2 Å². The van der Waals surface area contributed by atoms with Gasteiger partial charge in [-0.25, -0.2) is 8.42 Å². The number of rotatable bonds is 10. The molecular weight excluding hydrogens is 412 g/mol. The van der Waals surface area contributed by atoms with E-state index in [-0.39, 0.29) is 16.9 Å². The molecule has 0 heterocycles. The van der Waals surface area contributed by atoms with Gasteiger partial charge in [0.05, 0.1) is 11.0 Å². The van der Waals surface area contributed by atoms with Crippen LogP contribution in [0.2, 0.25) is 0 Å². The number of ether oxygens (including phenoxy) is 1. The molecule has 0 atom stereocenters. The SMILES string of the molecule is CC(C)Oc1ccc(NC(=O)c2cccc(S(=O)(=O)N(CC3CC3)CC3CC3)c2)cc1. The summed E-state index contributed by atoms with van der Waals surface area (Å²) in [6.07, 6.45) is 4.46. The summed E-state index contributed by atoms with van der Waals surface area (Å²) >= 11 is 0. The maximum absolute atomic E-state index is 13.3. The number of nitrogens with zero attached hydrogens (tertiary/aromatic N) is 1. The third-order valence-corrected chi connectivity index (χ3v) is 7.36. The Kier molecular flexibility index (Phi) is 6.34. The van der Waals surface area contributed by atoms with E-state index in [1.807, 2.05) is 13.8 Å². The van der Waals surface area contributed by atoms with Crippen molar-refractivity contribution in [3.8, 4) is 5.75 Å². The van der Waals surface area contributed by atoms with Crippen LogP contribution >= 0.6 is 0 Å². The van der Waals surface area contributed by atoms with Crippen molar-refractivity contribution in [1.82, 2.24) is 4.31 Å². The maximum atomic E-state index is 13.3. The van der Waals surface area contributed by atoms with Crippen LogP contribution in [0.15, 0.2) is 53.4 Å². The first-order valence-electron chi connectivity index (χ1n) is 11.0. The van der Waals surface area contributed by atoms with Crippen LogP contribution in [0.3, 0.4) is 0 Å². The van der Waals surface area contributed by atoms with Gasteiger partial charge in [0.25, 0.3) is 5.91 Å². The number of sulfonamides is 1. The fourth-order valence-electron chi connectivity index (χ4n) is 3.49. The Morgan fingerprint density at radius 3 is 2.19 bits per heavy atom. The fraction of sp³-hybridized carbons (Fsp3) is 0.458. The van der Waals surface area contributed by atoms with Gasteiger partial charge >= 0.3 is 0 Å². The molecule has 7 heteroatoms. The largest absolute Gasteiger partial charge is 0.491 e. The number of nitrogens with one attached hydrogen (secondary N) is 1. The highest BCUT2D eigenvalue weighted by atomic mass is 32.2. The second kappa shape index (κ2) is 9.01. The molecule has 2 aliphatic rings. The number of hydrogen-bond donors (Lipinski definition) is 1. The van der Waals surface area contributed by atoms with E-state index in [1.165, 1.54) is 6.07 Å². The Bertz CT molecular complexity index is 1010. The molecule has 6 nitrogen and oxygen atoms in total. The van der Waals surface area contributed by atoms with Crippen molar-refractivity contribution in [2.75, 3.05) is 18.4 Å². The molecule has 0 saturated heterocycles. The summed E-state index contributed by atoms with van der Waals surface area (Å²) in [4.78, 5) is 12.9. The Balaban J connectivity index is 1.48. The van der Waals surface area contributed by atoms with Crippen molar-refractivity contribution < 1.29 is 17.9 Å². The molecule has 1 N–H and O–H groups in total. The lowest BCUT2D eigenvalue weighted by atomic mass is 10.2. The summed E-state index contributed by atoms with van der Waals surface area (Å²) in [5.41, 5.74) is 0.944. The van der Waals surface area contributed by atoms with Gasteiger partial charge in [0.15, 0.2) is 0 Å². The van der Waals surface area contributed by atoms with Gasteiger partial charge < -0.3 is 10.1 Å². The predicted octanol–water partition coefficient (Wildman–Crippen LogP) is 4.54. The lowest BCUT2D eigenvalue weighted by Gasteiger charge is -2.22. The molecular formula is C24H30N2O4S. The molecule has 31 heavy (non-hydrogen) atoms. The Labute approximate surface area is 184 Å². The van der Waals surface area contributed by atoms with Crippen LogP contribution in [0.4, 0.5) is 5.69 Å². The Hall–Kier alpha value is -2.38. The van der Waals surface area contributed by atoms with Crippen molar-refractivity contribution in [3.05, 3.63) is 54.1 Å². The third kappa shape index (κ3) is 5.86. The highest BCUT2D eigenvalue weighted by Gasteiger charge is 2.35. The summed E-state index contributed by atoms with van der Waals surface area (Å²) in [5, 5.41) is 2.83. The molecule has 1 amide bonds. The molecule has 2 saturated carbocycles. The average Bonchev–Trinajstić information content (AvgIpc) is 3.65. The average molecular weight is 443 g/mol. The lowest BCUT2D eigenvalue weighted by Crippen LogP contribution is -2.34. The third-order valence-electron chi connectivity index (χ3n) is 5.54. The van der Waals surface area contributed by atoms with E-state index in [2.05, 4.69) is 5.32 Å². The predicted molar refractivity (Wildman–Crippen MR) is 121 cm³/mol. The number of carbonyl (C=O) groups is 1. The zero-order valence-electron chi connectivity index (χ0n) is 18.1. The number of anilines is 1. The quantitative estimate of drug-likeness (QED) is 0.586. The van der Waals surface area contributed by atoms with Crippen molar-refractivity contribution in [2.45, 2.75) is 50.5 Å². The number of carbonyl (C=O) groups excluding carboxylic acids is 1. The molecule has 0 spiro atoms. The van der Waals surface area contributed by atoms with Gasteiger partial charge in [-0.1, -0.05) is 6.07 Å². The van der Waals surface area contributed by atoms with Gasteiger partial charge in [-0.15, -0.1) is 0 Å². The normalized spacial score (nSPS) is 16.5. The minimum atomic E-state index is -3.62. The van der Waals surface area contributed by atoms with E-state index >= 15 is 0 Å². The van der Waals surface area contributed by atoms with E-state index in [1.54, 1.807) is 46.8 Å². The van der Waals surface area contributed by atoms with E-state index < -0.39 is 10.0 Å². The molecule has 0 radical (unpaired) electrons. The fourth-order valence-corrected chi connectivity index (χ4v) is 5.13. The van der Waals surface area contributed by atoms with Crippen LogP contribution in [0.25, 0.3) is 0 Å². The number of amides is 1. The van der Waals surface area contributed by atoms with Crippen LogP contribution in [0.5, 0.6) is 5.75 Å². The highest BCUT2D eigenvalue weighted by Crippen LogP contribution is 2.36. The second-order valence-electron chi connectivity index (χ2n) is 8.88. The summed E-state index contributed by atoms with van der Waals surface area (Å²) in [6.45, 7) is 5.07. The van der Waals surface area contributed by atoms with Crippen molar-refractivity contribution in [3.63, 3.8) is 0 Å². The standard InChI is InChI=1S/C24H30N2O4S/c1-17(2)30-22-12-10-21(11-13-22)25-24(27)20-4-3-5-23(14-20)31(28,29)26(15-18-6-7-18)16-19-8-9-19/h3-5,10-14,17-19H,6-9,15-16H2,1-2H3,(H,25,27). The Morgan fingerprint density at radius 2 is 1.65 bits per heavy atom. The van der Waals surface area contributed by atoms with Gasteiger partial charge in [0.1, 0.15) is 5.75 Å². The zero-order chi connectivity index (χ0) is 22.0. The molecule has 166 valence electrons. The maximum Gasteiger partial charge on any atom is 0.255 e. The van der Waals surface area contributed by atoms with Crippen LogP contribution < -0.4 is 10.1 Å². The van der Waals surface area contributed by atoms with Gasteiger partial charge in [0.2, 0.25) is 10.0 Å². The summed E-state index contributed by atoms with van der Waals surface area (Å²) in [6, 6.07) is 13.5. The number of benzene rings is 2. The van der Waals surface area contributed by atoms with Crippen molar-refractivity contribution in [1.29, 1.82) is 0 Å². The van der Waals surface area contributed by atoms with E-state index in [0.29, 0.717) is 36.2 Å². The Morgan fingerprint density at radius 1 is 1.03 bits per heavy atom. The summed E-state index contributed by atoms with van der Waals surface area (Å²) in [5.74, 6) is 1.34. The van der Waals surface area contributed by atoms with Gasteiger partial charge in [-0.2, -0.15) is 4.31 Å². The molecule has 4 rings (SSSR count). The van der Waals surface area contributed by atoms with Crippen LogP contribution in [0, 0.1) is 11.8 Å². The molecule has 0 aliphatic heterocycles. The van der Waals surface area contributed by atoms with Crippen LogP contribution in [-0.2, 0) is 10.0 Å². The molecule has 0 bridgehead atoms. The molecule has 2 aliphatic carbocycles. The van der Waals surface area contributed by atoms with Crippen LogP contribution in [0.1, 0.15) is 49.9 Å². The minimum Gasteiger partial charge on any atom is -0.491 e. The first-order chi connectivity index (χ1) is 14.8. The molecule has 2 aromatic carbocycles. The molecule has 2 fully saturated rings. The van der Waals surface area contributed by atoms with Crippen molar-refractivity contribution >= 4 is 21.6 Å². The first-order valence-corrected chi connectivity index (χ1v) is 12.4. The topological polar surface area (TPSA) is 75.7 Å². The molecule has 2 aromatic rings. The second-order valence-corrected chi connectivity index (χ2v) is 10.8. The highest BCUT2D eigenvalue weighted by molar-refractivity contribution is 7.89. The van der Waals surface area contributed by atoms with E-state index in [4.69, 9.17) is 4.74 Å². The monoisotopic (exact) mass is 442 g/mol. The first kappa shape index (κ1) is 21.8. The van der Waals surface area contributed by atoms with Gasteiger partial charge in [0, 0.05) is 24.3 Å².